The summed E-state index contributed by atoms with van der Waals surface area (Å²) >= 11 is 0. The van der Waals surface area contributed by atoms with Crippen LogP contribution in [0.3, 0.4) is 0 Å². The minimum Gasteiger partial charge on any atom is -0.481 e. The summed E-state index contributed by atoms with van der Waals surface area (Å²) in [6.45, 7) is 3.78. The van der Waals surface area contributed by atoms with E-state index in [9.17, 15) is 24.3 Å². The number of amides is 2. The quantitative estimate of drug-likeness (QED) is 0.195. The fourth-order valence-corrected chi connectivity index (χ4v) is 4.25. The van der Waals surface area contributed by atoms with E-state index in [1.807, 2.05) is 50.2 Å². The highest BCUT2D eigenvalue weighted by Crippen LogP contribution is 2.31. The second kappa shape index (κ2) is 13.8. The third-order valence-corrected chi connectivity index (χ3v) is 6.27. The van der Waals surface area contributed by atoms with Gasteiger partial charge in [-0.05, 0) is 17.0 Å². The van der Waals surface area contributed by atoms with Crippen LogP contribution in [-0.2, 0) is 37.0 Å². The number of Topliss-reactive ketones (excluding diaryl/α,β-unsaturated/α-hetero) is 1. The smallest absolute Gasteiger partial charge is 0.408 e. The number of ketones is 1. The summed E-state index contributed by atoms with van der Waals surface area (Å²) in [7, 11) is 0. The van der Waals surface area contributed by atoms with Crippen molar-refractivity contribution < 1.29 is 38.6 Å². The fourth-order valence-electron chi connectivity index (χ4n) is 4.25. The van der Waals surface area contributed by atoms with Crippen molar-refractivity contribution in [2.75, 3.05) is 0 Å². The van der Waals surface area contributed by atoms with Crippen LogP contribution in [0.2, 0.25) is 0 Å². The summed E-state index contributed by atoms with van der Waals surface area (Å²) in [5, 5.41) is 18.6. The van der Waals surface area contributed by atoms with Gasteiger partial charge in [0.15, 0.2) is 0 Å². The predicted molar refractivity (Wildman–Crippen MR) is 143 cm³/mol. The number of nitrogens with zero attached hydrogens (tertiary/aromatic N) is 3. The fraction of sp³-hybridized carbons (Fsp3) is 0.357. The van der Waals surface area contributed by atoms with Crippen molar-refractivity contribution in [2.24, 2.45) is 11.1 Å². The average Bonchev–Trinajstić information content (AvgIpc) is 3.35. The van der Waals surface area contributed by atoms with Crippen LogP contribution in [0.1, 0.15) is 37.8 Å². The van der Waals surface area contributed by atoms with Crippen molar-refractivity contribution in [3.05, 3.63) is 77.3 Å². The number of aliphatic carboxylic acids is 1. The molecule has 2 aromatic carbocycles. The Kier molecular flexibility index (Phi) is 10.3. The van der Waals surface area contributed by atoms with Gasteiger partial charge in [0.05, 0.1) is 18.2 Å². The monoisotopic (exact) mass is 549 g/mol. The summed E-state index contributed by atoms with van der Waals surface area (Å²) < 4.78 is 5.35. The van der Waals surface area contributed by atoms with E-state index >= 15 is 0 Å². The number of hydrogen-bond acceptors (Lipinski definition) is 7. The molecule has 0 saturated heterocycles. The maximum Gasteiger partial charge on any atom is 0.408 e. The molecule has 1 heterocycles. The van der Waals surface area contributed by atoms with Crippen LogP contribution in [0.5, 0.6) is 0 Å². The molecule has 1 unspecified atom stereocenters. The number of nitrogens with one attached hydrogen (secondary N) is 2. The lowest BCUT2D eigenvalue weighted by Gasteiger charge is -2.28. The number of carbonyl (C=O) groups excluding carboxylic acids is 3. The Morgan fingerprint density at radius 2 is 1.70 bits per heavy atom. The van der Waals surface area contributed by atoms with E-state index in [1.165, 1.54) is 0 Å². The first-order chi connectivity index (χ1) is 19.1. The number of alkyl carbamates (subject to hydrolysis) is 1. The molecule has 0 fully saturated rings. The zero-order valence-corrected chi connectivity index (χ0v) is 22.1. The minimum atomic E-state index is -1.65. The lowest BCUT2D eigenvalue weighted by Crippen LogP contribution is -2.55. The molecular formula is C28H31N5O7. The molecular weight excluding hydrogens is 518 g/mol. The topological polar surface area (TPSA) is 180 Å². The summed E-state index contributed by atoms with van der Waals surface area (Å²) in [5.74, 6) is -3.20. The van der Waals surface area contributed by atoms with Crippen molar-refractivity contribution in [3.63, 3.8) is 0 Å². The third-order valence-electron chi connectivity index (χ3n) is 6.27. The van der Waals surface area contributed by atoms with E-state index in [0.29, 0.717) is 11.9 Å². The first kappa shape index (κ1) is 29.7. The third kappa shape index (κ3) is 8.08. The molecule has 2 aromatic rings. The SMILES string of the molecule is CC(C)[C@H](NC(=O)OCc1ccccc1)C1=NOC(Cc2ccccc2)(C(=O)N[C@@H](CC(=O)O)C(=O)C=[N+]=[N-])C1. The highest BCUT2D eigenvalue weighted by atomic mass is 16.7. The second-order valence-electron chi connectivity index (χ2n) is 9.71. The standard InChI is InChI=1S/C28H31N5O7/c1-18(2)25(32-27(38)39-17-20-11-7-4-8-12-20)22-15-28(40-33-22,14-19-9-5-3-6-10-19)26(37)31-21(13-24(35)36)23(34)16-30-29/h3-12,16,18,21,25H,13-15,17H2,1-2H3,(H,31,37)(H,32,38)(H,35,36)/t21-,25-,28?/m0/s1. The Balaban J connectivity index is 1.81. The van der Waals surface area contributed by atoms with Crippen LogP contribution in [-0.4, -0.2) is 63.3 Å². The van der Waals surface area contributed by atoms with Gasteiger partial charge in [0.1, 0.15) is 12.6 Å². The van der Waals surface area contributed by atoms with Gasteiger partial charge in [-0.3, -0.25) is 14.4 Å². The van der Waals surface area contributed by atoms with Crippen molar-refractivity contribution in [1.82, 2.24) is 10.6 Å². The number of carbonyl (C=O) groups is 4. The summed E-state index contributed by atoms with van der Waals surface area (Å²) in [4.78, 5) is 58.3. The molecule has 1 aliphatic rings. The maximum atomic E-state index is 13.6. The van der Waals surface area contributed by atoms with Crippen molar-refractivity contribution in [3.8, 4) is 0 Å². The lowest BCUT2D eigenvalue weighted by atomic mass is 9.84. The number of oxime groups is 1. The first-order valence-corrected chi connectivity index (χ1v) is 12.6. The molecule has 12 nitrogen and oxygen atoms in total. The van der Waals surface area contributed by atoms with Crippen LogP contribution in [0.25, 0.3) is 5.53 Å². The van der Waals surface area contributed by atoms with E-state index < -0.39 is 47.9 Å². The zero-order valence-electron chi connectivity index (χ0n) is 22.1. The molecule has 12 heteroatoms. The maximum absolute atomic E-state index is 13.6. The van der Waals surface area contributed by atoms with Crippen molar-refractivity contribution >= 4 is 35.7 Å². The van der Waals surface area contributed by atoms with E-state index in [2.05, 4.69) is 20.6 Å². The van der Waals surface area contributed by atoms with Gasteiger partial charge in [-0.2, -0.15) is 4.79 Å². The molecule has 2 amide bonds. The number of hydrogen-bond donors (Lipinski definition) is 3. The average molecular weight is 550 g/mol. The minimum absolute atomic E-state index is 0.0397. The van der Waals surface area contributed by atoms with Crippen LogP contribution < -0.4 is 10.6 Å². The molecule has 3 rings (SSSR count). The van der Waals surface area contributed by atoms with Gasteiger partial charge in [-0.15, -0.1) is 0 Å². The molecule has 40 heavy (non-hydrogen) atoms. The van der Waals surface area contributed by atoms with Gasteiger partial charge in [-0.25, -0.2) is 4.79 Å². The van der Waals surface area contributed by atoms with Gasteiger partial charge >= 0.3 is 18.3 Å². The van der Waals surface area contributed by atoms with Gasteiger partial charge in [0, 0.05) is 12.8 Å². The molecule has 0 aromatic heterocycles. The normalized spacial score (nSPS) is 17.4. The summed E-state index contributed by atoms with van der Waals surface area (Å²) in [6.07, 6.45) is -0.912. The molecule has 3 atom stereocenters. The summed E-state index contributed by atoms with van der Waals surface area (Å²) in [6, 6.07) is 16.0. The number of rotatable bonds is 13. The van der Waals surface area contributed by atoms with Crippen LogP contribution in [0.15, 0.2) is 65.8 Å². The van der Waals surface area contributed by atoms with E-state index in [-0.39, 0.29) is 25.4 Å². The molecule has 0 bridgehead atoms. The molecule has 0 radical (unpaired) electrons. The Hall–Kier alpha value is -4.83. The first-order valence-electron chi connectivity index (χ1n) is 12.6. The second-order valence-corrected chi connectivity index (χ2v) is 9.71. The van der Waals surface area contributed by atoms with Crippen molar-refractivity contribution in [2.45, 2.75) is 57.4 Å². The van der Waals surface area contributed by atoms with Crippen LogP contribution >= 0.6 is 0 Å². The lowest BCUT2D eigenvalue weighted by molar-refractivity contribution is -0.147. The van der Waals surface area contributed by atoms with Crippen LogP contribution in [0.4, 0.5) is 4.79 Å². The largest absolute Gasteiger partial charge is 0.481 e. The van der Waals surface area contributed by atoms with Gasteiger partial charge in [0.2, 0.25) is 5.60 Å². The Bertz CT molecular complexity index is 1290. The molecule has 0 saturated carbocycles. The molecule has 1 aliphatic heterocycles. The molecule has 210 valence electrons. The predicted octanol–water partition coefficient (Wildman–Crippen LogP) is 2.52. The number of ether oxygens (including phenoxy) is 1. The number of carboxylic acids is 1. The van der Waals surface area contributed by atoms with E-state index in [0.717, 1.165) is 11.1 Å². The molecule has 3 N–H and O–H groups in total. The van der Waals surface area contributed by atoms with E-state index in [4.69, 9.17) is 15.1 Å². The summed E-state index contributed by atoms with van der Waals surface area (Å²) in [5.41, 5.74) is 9.00. The highest BCUT2D eigenvalue weighted by molar-refractivity contribution is 6.28. The van der Waals surface area contributed by atoms with Gasteiger partial charge in [-0.1, -0.05) is 79.7 Å². The van der Waals surface area contributed by atoms with Crippen LogP contribution in [0, 0.1) is 5.92 Å². The Morgan fingerprint density at radius 1 is 1.07 bits per heavy atom. The Morgan fingerprint density at radius 3 is 2.27 bits per heavy atom. The molecule has 0 spiro atoms. The zero-order chi connectivity index (χ0) is 29.1. The molecule has 0 aliphatic carbocycles. The Labute approximate surface area is 231 Å². The number of carboxylic acid groups (broad SMARTS) is 1. The van der Waals surface area contributed by atoms with E-state index in [1.54, 1.807) is 24.3 Å². The number of benzene rings is 2. The van der Waals surface area contributed by atoms with Gasteiger partial charge in [0.25, 0.3) is 11.7 Å². The highest BCUT2D eigenvalue weighted by Gasteiger charge is 2.49. The van der Waals surface area contributed by atoms with Crippen molar-refractivity contribution in [1.29, 1.82) is 0 Å². The van der Waals surface area contributed by atoms with Gasteiger partial charge < -0.3 is 30.8 Å².